The number of hydrogen-bond acceptors (Lipinski definition) is 9. The van der Waals surface area contributed by atoms with Gasteiger partial charge in [0, 0.05) is 5.69 Å². The summed E-state index contributed by atoms with van der Waals surface area (Å²) in [5.41, 5.74) is 0.679. The lowest BCUT2D eigenvalue weighted by atomic mass is 10.2. The molecule has 0 saturated heterocycles. The zero-order valence-corrected chi connectivity index (χ0v) is 22.8. The average Bonchev–Trinajstić information content (AvgIpc) is 3.32. The van der Waals surface area contributed by atoms with Gasteiger partial charge in [0.05, 0.1) is 28.1 Å². The number of aromatic nitrogens is 4. The van der Waals surface area contributed by atoms with Crippen molar-refractivity contribution < 1.29 is 17.9 Å². The number of alkyl halides is 3. The molecule has 0 spiro atoms. The highest BCUT2D eigenvalue weighted by molar-refractivity contribution is 7.80. The fourth-order valence-corrected chi connectivity index (χ4v) is 4.79. The Morgan fingerprint density at radius 2 is 1.60 bits per heavy atom. The van der Waals surface area contributed by atoms with Crippen molar-refractivity contribution in [2.45, 2.75) is 6.18 Å². The molecule has 0 radical (unpaired) electrons. The minimum Gasteiger partial charge on any atom is -0.494 e. The number of anilines is 6. The molecule has 3 aromatic carbocycles. The Bertz CT molecular complexity index is 1680. The number of rotatable bonds is 7. The molecule has 2 aromatic heterocycles. The van der Waals surface area contributed by atoms with Gasteiger partial charge in [-0.1, -0.05) is 47.2 Å². The standard InChI is InChI=1S/C25H18ClF3N8OS2/c1-38-17-8-5-9-18-19(17)32-24(40-18)37-22-34-20(31-16-11-10-13(12-15(16)26)25(27,28)29)33-21(35-22)36-23(39)30-14-6-3-2-4-7-14/h2-12H,1H3,(H4,30,31,32,33,34,35,36,37,39). The first kappa shape index (κ1) is 27.3. The molecule has 0 aliphatic rings. The lowest BCUT2D eigenvalue weighted by Crippen LogP contribution is -2.21. The third-order valence-electron chi connectivity index (χ3n) is 5.26. The molecule has 0 aliphatic heterocycles. The smallest absolute Gasteiger partial charge is 0.416 e. The molecule has 0 fully saturated rings. The third kappa shape index (κ3) is 6.47. The number of hydrogen-bond donors (Lipinski definition) is 4. The molecule has 0 amide bonds. The summed E-state index contributed by atoms with van der Waals surface area (Å²) in [6.45, 7) is 0. The van der Waals surface area contributed by atoms with Crippen LogP contribution in [0.4, 0.5) is 47.5 Å². The molecule has 0 saturated carbocycles. The Hall–Kier alpha value is -4.27. The van der Waals surface area contributed by atoms with E-state index >= 15 is 0 Å². The Labute approximate surface area is 239 Å². The largest absolute Gasteiger partial charge is 0.494 e. The van der Waals surface area contributed by atoms with Crippen LogP contribution in [0.15, 0.2) is 66.7 Å². The predicted octanol–water partition coefficient (Wildman–Crippen LogP) is 7.46. The summed E-state index contributed by atoms with van der Waals surface area (Å²) < 4.78 is 45.5. The number of benzene rings is 3. The van der Waals surface area contributed by atoms with Crippen molar-refractivity contribution in [1.82, 2.24) is 19.9 Å². The zero-order chi connectivity index (χ0) is 28.3. The number of para-hydroxylation sites is 2. The van der Waals surface area contributed by atoms with E-state index in [0.717, 1.165) is 22.5 Å². The van der Waals surface area contributed by atoms with Crippen LogP contribution in [0, 0.1) is 0 Å². The molecule has 40 heavy (non-hydrogen) atoms. The van der Waals surface area contributed by atoms with Crippen LogP contribution in [0.1, 0.15) is 5.56 Å². The van der Waals surface area contributed by atoms with E-state index < -0.39 is 11.7 Å². The first-order chi connectivity index (χ1) is 19.2. The molecule has 5 aromatic rings. The Kier molecular flexibility index (Phi) is 7.82. The second kappa shape index (κ2) is 11.5. The van der Waals surface area contributed by atoms with Gasteiger partial charge < -0.3 is 20.7 Å². The molecule has 4 N–H and O–H groups in total. The maximum atomic E-state index is 13.1. The number of fused-ring (bicyclic) bond motifs is 1. The fraction of sp³-hybridized carbons (Fsp3) is 0.0800. The van der Waals surface area contributed by atoms with Gasteiger partial charge in [0.2, 0.25) is 17.8 Å². The SMILES string of the molecule is COc1cccc2sc(Nc3nc(NC(=S)Nc4ccccc4)nc(Nc4ccc(C(F)(F)F)cc4Cl)n3)nc12. The highest BCUT2D eigenvalue weighted by Crippen LogP contribution is 2.35. The van der Waals surface area contributed by atoms with E-state index in [1.165, 1.54) is 17.4 Å². The molecule has 15 heteroatoms. The molecular formula is C25H18ClF3N8OS2. The molecule has 0 bridgehead atoms. The summed E-state index contributed by atoms with van der Waals surface area (Å²) in [7, 11) is 1.56. The first-order valence-corrected chi connectivity index (χ1v) is 13.0. The quantitative estimate of drug-likeness (QED) is 0.140. The second-order valence-corrected chi connectivity index (χ2v) is 9.87. The topological polar surface area (TPSA) is 109 Å². The van der Waals surface area contributed by atoms with E-state index in [2.05, 4.69) is 41.2 Å². The van der Waals surface area contributed by atoms with Crippen LogP contribution >= 0.6 is 35.2 Å². The van der Waals surface area contributed by atoms with Gasteiger partial charge >= 0.3 is 6.18 Å². The predicted molar refractivity (Wildman–Crippen MR) is 155 cm³/mol. The lowest BCUT2D eigenvalue weighted by Gasteiger charge is -2.13. The fourth-order valence-electron chi connectivity index (χ4n) is 3.48. The number of nitrogens with one attached hydrogen (secondary N) is 4. The van der Waals surface area contributed by atoms with Gasteiger partial charge in [-0.25, -0.2) is 4.98 Å². The van der Waals surface area contributed by atoms with Gasteiger partial charge in [0.25, 0.3) is 0 Å². The van der Waals surface area contributed by atoms with Gasteiger partial charge in [0.1, 0.15) is 11.3 Å². The van der Waals surface area contributed by atoms with E-state index in [4.69, 9.17) is 28.6 Å². The number of nitrogens with zero attached hydrogens (tertiary/aromatic N) is 4. The number of thiazole rings is 1. The molecule has 5 rings (SSSR count). The van der Waals surface area contributed by atoms with Crippen molar-refractivity contribution in [3.63, 3.8) is 0 Å². The highest BCUT2D eigenvalue weighted by Gasteiger charge is 2.31. The zero-order valence-electron chi connectivity index (χ0n) is 20.4. The van der Waals surface area contributed by atoms with E-state index in [9.17, 15) is 13.2 Å². The number of halogens is 4. The summed E-state index contributed by atoms with van der Waals surface area (Å²) in [6.07, 6.45) is -4.54. The van der Waals surface area contributed by atoms with Crippen LogP contribution in [0.25, 0.3) is 10.2 Å². The van der Waals surface area contributed by atoms with Gasteiger partial charge in [0.15, 0.2) is 10.2 Å². The summed E-state index contributed by atoms with van der Waals surface area (Å²) in [5, 5.41) is 12.3. The summed E-state index contributed by atoms with van der Waals surface area (Å²) in [4.78, 5) is 17.6. The Morgan fingerprint density at radius 1 is 0.875 bits per heavy atom. The van der Waals surface area contributed by atoms with Crippen molar-refractivity contribution in [3.8, 4) is 5.75 Å². The Morgan fingerprint density at radius 3 is 2.30 bits per heavy atom. The van der Waals surface area contributed by atoms with E-state index in [-0.39, 0.29) is 33.7 Å². The monoisotopic (exact) mass is 602 g/mol. The molecule has 0 atom stereocenters. The van der Waals surface area contributed by atoms with E-state index in [0.29, 0.717) is 16.4 Å². The van der Waals surface area contributed by atoms with Crippen LogP contribution in [0.2, 0.25) is 5.02 Å². The van der Waals surface area contributed by atoms with Crippen molar-refractivity contribution in [2.75, 3.05) is 28.4 Å². The molecule has 204 valence electrons. The minimum atomic E-state index is -4.54. The Balaban J connectivity index is 1.45. The number of ether oxygens (including phenoxy) is 1. The van der Waals surface area contributed by atoms with Gasteiger partial charge in [-0.05, 0) is 54.7 Å². The summed E-state index contributed by atoms with van der Waals surface area (Å²) >= 11 is 12.9. The van der Waals surface area contributed by atoms with Gasteiger partial charge in [-0.2, -0.15) is 28.1 Å². The lowest BCUT2D eigenvalue weighted by molar-refractivity contribution is -0.137. The van der Waals surface area contributed by atoms with Crippen LogP contribution in [0.5, 0.6) is 5.75 Å². The molecule has 2 heterocycles. The van der Waals surface area contributed by atoms with Crippen LogP contribution in [-0.4, -0.2) is 32.2 Å². The second-order valence-electron chi connectivity index (χ2n) is 8.02. The van der Waals surface area contributed by atoms with E-state index in [1.54, 1.807) is 13.2 Å². The average molecular weight is 603 g/mol. The van der Waals surface area contributed by atoms with Gasteiger partial charge in [-0.3, -0.25) is 5.32 Å². The molecule has 9 nitrogen and oxygen atoms in total. The number of methoxy groups -OCH3 is 1. The summed E-state index contributed by atoms with van der Waals surface area (Å²) in [6, 6.07) is 17.7. The van der Waals surface area contributed by atoms with Gasteiger partial charge in [-0.15, -0.1) is 0 Å². The highest BCUT2D eigenvalue weighted by atomic mass is 35.5. The maximum absolute atomic E-state index is 13.1. The van der Waals surface area contributed by atoms with Crippen molar-refractivity contribution in [1.29, 1.82) is 0 Å². The van der Waals surface area contributed by atoms with Crippen LogP contribution in [-0.2, 0) is 6.18 Å². The van der Waals surface area contributed by atoms with E-state index in [1.807, 2.05) is 42.5 Å². The molecule has 0 aliphatic carbocycles. The first-order valence-electron chi connectivity index (χ1n) is 11.4. The molecule has 0 unspecified atom stereocenters. The van der Waals surface area contributed by atoms with Crippen molar-refractivity contribution in [3.05, 3.63) is 77.3 Å². The number of thiocarbonyl (C=S) groups is 1. The van der Waals surface area contributed by atoms with Crippen molar-refractivity contribution >= 4 is 84.8 Å². The normalized spacial score (nSPS) is 11.2. The van der Waals surface area contributed by atoms with Crippen LogP contribution in [0.3, 0.4) is 0 Å². The molecular weight excluding hydrogens is 585 g/mol. The van der Waals surface area contributed by atoms with Crippen LogP contribution < -0.4 is 26.0 Å². The maximum Gasteiger partial charge on any atom is 0.416 e. The third-order valence-corrected chi connectivity index (χ3v) is 6.71. The minimum absolute atomic E-state index is 0.0112. The van der Waals surface area contributed by atoms with Crippen molar-refractivity contribution in [2.24, 2.45) is 0 Å². The summed E-state index contributed by atoms with van der Waals surface area (Å²) in [5.74, 6) is 0.734.